The normalized spacial score (nSPS) is 11.7. The van der Waals surface area contributed by atoms with Gasteiger partial charge in [0.2, 0.25) is 0 Å². The molecular weight excluding hydrogens is 271 g/mol. The lowest BCUT2D eigenvalue weighted by atomic mass is 10.2. The van der Waals surface area contributed by atoms with Crippen molar-refractivity contribution in [3.8, 4) is 0 Å². The Morgan fingerprint density at radius 3 is 2.68 bits per heavy atom. The average Bonchev–Trinajstić information content (AvgIpc) is 2.37. The van der Waals surface area contributed by atoms with E-state index in [0.29, 0.717) is 5.75 Å². The Balaban J connectivity index is 2.58. The Bertz CT molecular complexity index is 456. The number of aliphatic carboxylic acids is 1. The minimum atomic E-state index is -1.36. The number of benzene rings is 1. The van der Waals surface area contributed by atoms with Gasteiger partial charge in [0, 0.05) is 0 Å². The van der Waals surface area contributed by atoms with Crippen molar-refractivity contribution in [2.45, 2.75) is 12.5 Å². The van der Waals surface area contributed by atoms with Gasteiger partial charge >= 0.3 is 6.03 Å². The highest BCUT2D eigenvalue weighted by molar-refractivity contribution is 7.98. The minimum Gasteiger partial charge on any atom is -0.548 e. The summed E-state index contributed by atoms with van der Waals surface area (Å²) >= 11 is 1.46. The number of rotatable bonds is 6. The molecule has 0 heterocycles. The maximum atomic E-state index is 13.3. The zero-order valence-corrected chi connectivity index (χ0v) is 11.1. The van der Waals surface area contributed by atoms with Crippen molar-refractivity contribution in [1.29, 1.82) is 0 Å². The van der Waals surface area contributed by atoms with Crippen molar-refractivity contribution in [3.63, 3.8) is 0 Å². The van der Waals surface area contributed by atoms with Crippen molar-refractivity contribution in [1.82, 2.24) is 5.32 Å². The first-order valence-electron chi connectivity index (χ1n) is 5.56. The van der Waals surface area contributed by atoms with E-state index < -0.39 is 23.9 Å². The van der Waals surface area contributed by atoms with E-state index in [1.165, 1.54) is 30.0 Å². The third kappa shape index (κ3) is 5.17. The van der Waals surface area contributed by atoms with E-state index in [1.54, 1.807) is 6.07 Å². The number of para-hydroxylation sites is 1. The van der Waals surface area contributed by atoms with Crippen LogP contribution in [0.3, 0.4) is 0 Å². The number of nitrogens with one attached hydrogen (secondary N) is 2. The molecule has 0 bridgehead atoms. The highest BCUT2D eigenvalue weighted by atomic mass is 32.2. The summed E-state index contributed by atoms with van der Waals surface area (Å²) in [6.07, 6.45) is 2.07. The van der Waals surface area contributed by atoms with Gasteiger partial charge in [0.1, 0.15) is 5.82 Å². The van der Waals surface area contributed by atoms with Crippen LogP contribution in [0.2, 0.25) is 0 Å². The average molecular weight is 285 g/mol. The smallest absolute Gasteiger partial charge is 0.319 e. The van der Waals surface area contributed by atoms with E-state index in [-0.39, 0.29) is 12.1 Å². The Morgan fingerprint density at radius 2 is 2.11 bits per heavy atom. The molecule has 19 heavy (non-hydrogen) atoms. The second-order valence-corrected chi connectivity index (χ2v) is 4.72. The molecule has 0 aliphatic rings. The third-order valence-corrected chi connectivity index (χ3v) is 2.97. The molecule has 0 fully saturated rings. The quantitative estimate of drug-likeness (QED) is 0.811. The van der Waals surface area contributed by atoms with Gasteiger partial charge in [-0.3, -0.25) is 0 Å². The number of hydrogen-bond acceptors (Lipinski definition) is 4. The molecule has 1 aromatic rings. The zero-order valence-electron chi connectivity index (χ0n) is 10.3. The number of anilines is 1. The van der Waals surface area contributed by atoms with Gasteiger partial charge in [-0.1, -0.05) is 12.1 Å². The fourth-order valence-electron chi connectivity index (χ4n) is 1.36. The Labute approximate surface area is 114 Å². The van der Waals surface area contributed by atoms with Crippen LogP contribution in [0, 0.1) is 5.82 Å². The van der Waals surface area contributed by atoms with Crippen LogP contribution in [0.15, 0.2) is 24.3 Å². The lowest BCUT2D eigenvalue weighted by Crippen LogP contribution is -2.49. The number of hydrogen-bond donors (Lipinski definition) is 2. The lowest BCUT2D eigenvalue weighted by Gasteiger charge is -2.19. The van der Waals surface area contributed by atoms with E-state index in [9.17, 15) is 19.1 Å². The number of carbonyl (C=O) groups excluding carboxylic acids is 2. The molecule has 0 aromatic heterocycles. The van der Waals surface area contributed by atoms with Crippen LogP contribution in [0.5, 0.6) is 0 Å². The van der Waals surface area contributed by atoms with Gasteiger partial charge in [0.25, 0.3) is 0 Å². The van der Waals surface area contributed by atoms with E-state index >= 15 is 0 Å². The Kier molecular flexibility index (Phi) is 6.14. The van der Waals surface area contributed by atoms with Crippen LogP contribution >= 0.6 is 11.8 Å². The summed E-state index contributed by atoms with van der Waals surface area (Å²) in [6.45, 7) is 0. The monoisotopic (exact) mass is 285 g/mol. The van der Waals surface area contributed by atoms with Crippen LogP contribution in [0.25, 0.3) is 0 Å². The predicted molar refractivity (Wildman–Crippen MR) is 70.3 cm³/mol. The Hall–Kier alpha value is -1.76. The minimum absolute atomic E-state index is 0.0121. The second-order valence-electron chi connectivity index (χ2n) is 3.73. The fourth-order valence-corrected chi connectivity index (χ4v) is 1.84. The first-order chi connectivity index (χ1) is 9.04. The molecule has 0 spiro atoms. The van der Waals surface area contributed by atoms with Crippen molar-refractivity contribution in [2.24, 2.45) is 0 Å². The summed E-state index contributed by atoms with van der Waals surface area (Å²) < 4.78 is 13.3. The summed E-state index contributed by atoms with van der Waals surface area (Å²) in [5.41, 5.74) is -0.0121. The number of carboxylic acid groups (broad SMARTS) is 1. The molecule has 1 atom stereocenters. The standard InChI is InChI=1S/C12H15FN2O3S/c1-19-7-6-10(11(16)17)15-12(18)14-9-5-3-2-4-8(9)13/h2-5,10H,6-7H2,1H3,(H,16,17)(H2,14,15,18)/p-1/t10-/m0/s1. The predicted octanol–water partition coefficient (Wildman–Crippen LogP) is 0.819. The van der Waals surface area contributed by atoms with Crippen molar-refractivity contribution >= 4 is 29.4 Å². The highest BCUT2D eigenvalue weighted by Crippen LogP contribution is 2.12. The first-order valence-corrected chi connectivity index (χ1v) is 6.96. The summed E-state index contributed by atoms with van der Waals surface area (Å²) in [4.78, 5) is 22.4. The maximum Gasteiger partial charge on any atom is 0.319 e. The van der Waals surface area contributed by atoms with E-state index in [2.05, 4.69) is 10.6 Å². The molecular formula is C12H14FN2O3S-. The van der Waals surface area contributed by atoms with E-state index in [1.807, 2.05) is 6.26 Å². The van der Waals surface area contributed by atoms with Gasteiger partial charge < -0.3 is 20.5 Å². The summed E-state index contributed by atoms with van der Waals surface area (Å²) in [6, 6.07) is 3.74. The first kappa shape index (κ1) is 15.3. The molecule has 0 aliphatic heterocycles. The lowest BCUT2D eigenvalue weighted by molar-refractivity contribution is -0.308. The van der Waals surface area contributed by atoms with Crippen LogP contribution in [-0.2, 0) is 4.79 Å². The van der Waals surface area contributed by atoms with Gasteiger partial charge in [-0.15, -0.1) is 0 Å². The molecule has 1 rings (SSSR count). The third-order valence-electron chi connectivity index (χ3n) is 2.32. The number of carbonyl (C=O) groups is 2. The highest BCUT2D eigenvalue weighted by Gasteiger charge is 2.14. The summed E-state index contributed by atoms with van der Waals surface area (Å²) in [5, 5.41) is 15.3. The van der Waals surface area contributed by atoms with Crippen molar-refractivity contribution in [3.05, 3.63) is 30.1 Å². The molecule has 0 aliphatic carbocycles. The van der Waals surface area contributed by atoms with Gasteiger partial charge in [-0.2, -0.15) is 11.8 Å². The molecule has 2 N–H and O–H groups in total. The van der Waals surface area contributed by atoms with Gasteiger partial charge in [-0.05, 0) is 30.6 Å². The molecule has 7 heteroatoms. The number of urea groups is 1. The van der Waals surface area contributed by atoms with Crippen molar-refractivity contribution in [2.75, 3.05) is 17.3 Å². The number of halogens is 1. The fraction of sp³-hybridized carbons (Fsp3) is 0.333. The van der Waals surface area contributed by atoms with E-state index in [4.69, 9.17) is 0 Å². The van der Waals surface area contributed by atoms with Gasteiger partial charge in [0.15, 0.2) is 0 Å². The number of amides is 2. The molecule has 0 unspecified atom stereocenters. The molecule has 5 nitrogen and oxygen atoms in total. The topological polar surface area (TPSA) is 81.3 Å². The SMILES string of the molecule is CSCC[C@H](NC(=O)Nc1ccccc1F)C(=O)[O-]. The van der Waals surface area contributed by atoms with Crippen LogP contribution in [0.4, 0.5) is 14.9 Å². The molecule has 0 saturated carbocycles. The van der Waals surface area contributed by atoms with Gasteiger partial charge in [0.05, 0.1) is 17.7 Å². The molecule has 0 radical (unpaired) electrons. The molecule has 0 saturated heterocycles. The zero-order chi connectivity index (χ0) is 14.3. The molecule has 104 valence electrons. The number of thioether (sulfide) groups is 1. The Morgan fingerprint density at radius 1 is 1.42 bits per heavy atom. The summed E-state index contributed by atoms with van der Waals surface area (Å²) in [5.74, 6) is -1.39. The maximum absolute atomic E-state index is 13.3. The number of carboxylic acids is 1. The van der Waals surface area contributed by atoms with Crippen LogP contribution in [-0.4, -0.2) is 30.1 Å². The largest absolute Gasteiger partial charge is 0.548 e. The van der Waals surface area contributed by atoms with Crippen LogP contribution in [0.1, 0.15) is 6.42 Å². The van der Waals surface area contributed by atoms with Gasteiger partial charge in [-0.25, -0.2) is 9.18 Å². The van der Waals surface area contributed by atoms with Crippen LogP contribution < -0.4 is 15.7 Å². The molecule has 2 amide bonds. The van der Waals surface area contributed by atoms with Crippen molar-refractivity contribution < 1.29 is 19.1 Å². The summed E-state index contributed by atoms with van der Waals surface area (Å²) in [7, 11) is 0. The van der Waals surface area contributed by atoms with E-state index in [0.717, 1.165) is 0 Å². The molecule has 1 aromatic carbocycles. The second kappa shape index (κ2) is 7.63.